The molecule has 0 spiro atoms. The number of sulfonamides is 1. The summed E-state index contributed by atoms with van der Waals surface area (Å²) in [5, 5.41) is 6.24. The molecule has 0 radical (unpaired) electrons. The Morgan fingerprint density at radius 2 is 1.75 bits per heavy atom. The highest BCUT2D eigenvalue weighted by Crippen LogP contribution is 2.19. The van der Waals surface area contributed by atoms with E-state index in [2.05, 4.69) is 10.6 Å². The Kier molecular flexibility index (Phi) is 7.86. The van der Waals surface area contributed by atoms with Crippen LogP contribution in [-0.2, 0) is 16.6 Å². The van der Waals surface area contributed by atoms with Crippen molar-refractivity contribution in [1.29, 1.82) is 0 Å². The highest BCUT2D eigenvalue weighted by molar-refractivity contribution is 7.89. The van der Waals surface area contributed by atoms with Gasteiger partial charge in [-0.25, -0.2) is 13.2 Å². The van der Waals surface area contributed by atoms with E-state index < -0.39 is 10.0 Å². The van der Waals surface area contributed by atoms with E-state index in [0.717, 1.165) is 11.1 Å². The fraction of sp³-hybridized carbons (Fsp3) is 0.350. The minimum Gasteiger partial charge on any atom is -0.334 e. The van der Waals surface area contributed by atoms with Crippen LogP contribution in [0.5, 0.6) is 0 Å². The second kappa shape index (κ2) is 9.91. The summed E-state index contributed by atoms with van der Waals surface area (Å²) < 4.78 is 26.5. The SMILES string of the molecule is CCN(CC)S(=O)(=O)c1ccc([C@@H](C)NC(=O)NCc2cccc(Cl)c2)cc1. The van der Waals surface area contributed by atoms with E-state index in [1.165, 1.54) is 4.31 Å². The van der Waals surface area contributed by atoms with Crippen LogP contribution in [0.2, 0.25) is 5.02 Å². The first kappa shape index (κ1) is 22.2. The van der Waals surface area contributed by atoms with Gasteiger partial charge in [0.05, 0.1) is 10.9 Å². The molecule has 2 N–H and O–H groups in total. The molecular formula is C20H26ClN3O3S. The second-order valence-electron chi connectivity index (χ2n) is 6.34. The first-order valence-electron chi connectivity index (χ1n) is 9.16. The molecule has 0 unspecified atom stereocenters. The third-order valence-corrected chi connectivity index (χ3v) is 6.71. The Hall–Kier alpha value is -2.09. The largest absolute Gasteiger partial charge is 0.334 e. The first-order valence-corrected chi connectivity index (χ1v) is 11.0. The minimum atomic E-state index is -3.49. The van der Waals surface area contributed by atoms with Crippen LogP contribution in [0.1, 0.15) is 37.9 Å². The van der Waals surface area contributed by atoms with Crippen LogP contribution < -0.4 is 10.6 Å². The molecule has 8 heteroatoms. The van der Waals surface area contributed by atoms with Gasteiger partial charge in [0.1, 0.15) is 0 Å². The third-order valence-electron chi connectivity index (χ3n) is 4.41. The van der Waals surface area contributed by atoms with Crippen molar-refractivity contribution in [3.63, 3.8) is 0 Å². The fourth-order valence-corrected chi connectivity index (χ4v) is 4.47. The van der Waals surface area contributed by atoms with Gasteiger partial charge in [-0.15, -0.1) is 0 Å². The highest BCUT2D eigenvalue weighted by atomic mass is 35.5. The number of halogens is 1. The van der Waals surface area contributed by atoms with E-state index in [0.29, 0.717) is 24.7 Å². The molecule has 152 valence electrons. The Bertz CT molecular complexity index is 897. The summed E-state index contributed by atoms with van der Waals surface area (Å²) in [7, 11) is -3.49. The van der Waals surface area contributed by atoms with Crippen molar-refractivity contribution in [1.82, 2.24) is 14.9 Å². The number of hydrogen-bond acceptors (Lipinski definition) is 3. The van der Waals surface area contributed by atoms with Gasteiger partial charge in [0.15, 0.2) is 0 Å². The van der Waals surface area contributed by atoms with Crippen molar-refractivity contribution < 1.29 is 13.2 Å². The number of nitrogens with zero attached hydrogens (tertiary/aromatic N) is 1. The van der Waals surface area contributed by atoms with Crippen LogP contribution in [0, 0.1) is 0 Å². The van der Waals surface area contributed by atoms with Gasteiger partial charge in [0.2, 0.25) is 10.0 Å². The summed E-state index contributed by atoms with van der Waals surface area (Å²) in [6, 6.07) is 13.3. The molecule has 0 aliphatic rings. The van der Waals surface area contributed by atoms with Crippen molar-refractivity contribution in [2.45, 2.75) is 38.3 Å². The van der Waals surface area contributed by atoms with Crippen LogP contribution in [0.15, 0.2) is 53.4 Å². The Morgan fingerprint density at radius 3 is 2.32 bits per heavy atom. The normalized spacial score (nSPS) is 12.6. The number of urea groups is 1. The minimum absolute atomic E-state index is 0.248. The van der Waals surface area contributed by atoms with Crippen molar-refractivity contribution in [2.75, 3.05) is 13.1 Å². The zero-order valence-electron chi connectivity index (χ0n) is 16.3. The van der Waals surface area contributed by atoms with Gasteiger partial charge in [-0.2, -0.15) is 4.31 Å². The second-order valence-corrected chi connectivity index (χ2v) is 8.71. The monoisotopic (exact) mass is 423 g/mol. The summed E-state index contributed by atoms with van der Waals surface area (Å²) in [4.78, 5) is 12.4. The number of amides is 2. The Labute approximate surface area is 171 Å². The number of carbonyl (C=O) groups is 1. The van der Waals surface area contributed by atoms with E-state index in [1.54, 1.807) is 36.4 Å². The molecule has 0 saturated carbocycles. The summed E-state index contributed by atoms with van der Waals surface area (Å²) in [6.07, 6.45) is 0. The maximum absolute atomic E-state index is 12.5. The molecule has 2 amide bonds. The van der Waals surface area contributed by atoms with E-state index in [9.17, 15) is 13.2 Å². The molecule has 0 fully saturated rings. The molecule has 28 heavy (non-hydrogen) atoms. The van der Waals surface area contributed by atoms with Crippen molar-refractivity contribution in [3.05, 3.63) is 64.7 Å². The van der Waals surface area contributed by atoms with Gasteiger partial charge in [-0.05, 0) is 42.3 Å². The van der Waals surface area contributed by atoms with Crippen molar-refractivity contribution >= 4 is 27.7 Å². The highest BCUT2D eigenvalue weighted by Gasteiger charge is 2.21. The molecular weight excluding hydrogens is 398 g/mol. The van der Waals surface area contributed by atoms with E-state index >= 15 is 0 Å². The lowest BCUT2D eigenvalue weighted by atomic mass is 10.1. The topological polar surface area (TPSA) is 78.5 Å². The van der Waals surface area contributed by atoms with Crippen LogP contribution in [-0.4, -0.2) is 31.8 Å². The molecule has 0 heterocycles. The number of benzene rings is 2. The summed E-state index contributed by atoms with van der Waals surface area (Å²) in [6.45, 7) is 6.66. The average molecular weight is 424 g/mol. The third kappa shape index (κ3) is 5.70. The van der Waals surface area contributed by atoms with Crippen LogP contribution in [0.4, 0.5) is 4.79 Å². The molecule has 1 atom stereocenters. The molecule has 2 aromatic carbocycles. The van der Waals surface area contributed by atoms with Crippen LogP contribution in [0.3, 0.4) is 0 Å². The predicted octanol–water partition coefficient (Wildman–Crippen LogP) is 3.93. The lowest BCUT2D eigenvalue weighted by Crippen LogP contribution is -2.36. The standard InChI is InChI=1S/C20H26ClN3O3S/c1-4-24(5-2)28(26,27)19-11-9-17(10-12-19)15(3)23-20(25)22-14-16-7-6-8-18(21)13-16/h6-13,15H,4-5,14H2,1-3H3,(H2,22,23,25)/t15-/m1/s1. The smallest absolute Gasteiger partial charge is 0.315 e. The van der Waals surface area contributed by atoms with Gasteiger partial charge in [0.25, 0.3) is 0 Å². The molecule has 0 aromatic heterocycles. The number of hydrogen-bond donors (Lipinski definition) is 2. The molecule has 0 aliphatic heterocycles. The molecule has 0 saturated heterocycles. The summed E-state index contributed by atoms with van der Waals surface area (Å²) in [5.74, 6) is 0. The molecule has 0 aliphatic carbocycles. The zero-order valence-corrected chi connectivity index (χ0v) is 17.8. The fourth-order valence-electron chi connectivity index (χ4n) is 2.80. The van der Waals surface area contributed by atoms with E-state index in [4.69, 9.17) is 11.6 Å². The van der Waals surface area contributed by atoms with E-state index in [1.807, 2.05) is 32.9 Å². The van der Waals surface area contributed by atoms with E-state index in [-0.39, 0.29) is 17.0 Å². The maximum atomic E-state index is 12.5. The summed E-state index contributed by atoms with van der Waals surface area (Å²) >= 11 is 5.93. The first-order chi connectivity index (χ1) is 13.3. The van der Waals surface area contributed by atoms with Gasteiger partial charge < -0.3 is 10.6 Å². The number of nitrogens with one attached hydrogen (secondary N) is 2. The average Bonchev–Trinajstić information content (AvgIpc) is 2.67. The van der Waals surface area contributed by atoms with Gasteiger partial charge in [-0.1, -0.05) is 49.7 Å². The lowest BCUT2D eigenvalue weighted by Gasteiger charge is -2.19. The zero-order chi connectivity index (χ0) is 20.7. The molecule has 0 bridgehead atoms. The Morgan fingerprint density at radius 1 is 1.11 bits per heavy atom. The van der Waals surface area contributed by atoms with Gasteiger partial charge in [0, 0.05) is 24.7 Å². The molecule has 6 nitrogen and oxygen atoms in total. The van der Waals surface area contributed by atoms with Gasteiger partial charge >= 0.3 is 6.03 Å². The molecule has 2 aromatic rings. The van der Waals surface area contributed by atoms with Crippen LogP contribution in [0.25, 0.3) is 0 Å². The summed E-state index contributed by atoms with van der Waals surface area (Å²) in [5.41, 5.74) is 1.72. The molecule has 2 rings (SSSR count). The number of rotatable bonds is 8. The predicted molar refractivity (Wildman–Crippen MR) is 112 cm³/mol. The Balaban J connectivity index is 1.97. The van der Waals surface area contributed by atoms with Crippen molar-refractivity contribution in [3.8, 4) is 0 Å². The quantitative estimate of drug-likeness (QED) is 0.675. The maximum Gasteiger partial charge on any atom is 0.315 e. The number of carbonyl (C=O) groups excluding carboxylic acids is 1. The van der Waals surface area contributed by atoms with Gasteiger partial charge in [-0.3, -0.25) is 0 Å². The van der Waals surface area contributed by atoms with Crippen LogP contribution >= 0.6 is 11.6 Å². The van der Waals surface area contributed by atoms with Crippen molar-refractivity contribution in [2.24, 2.45) is 0 Å². The lowest BCUT2D eigenvalue weighted by molar-refractivity contribution is 0.237.